The summed E-state index contributed by atoms with van der Waals surface area (Å²) >= 11 is 0. The second-order valence-corrected chi connectivity index (χ2v) is 12.5. The first-order chi connectivity index (χ1) is 19.1. The number of nitrogens with one attached hydrogen (secondary N) is 2. The van der Waals surface area contributed by atoms with Crippen LogP contribution in [0, 0.1) is 13.8 Å². The van der Waals surface area contributed by atoms with E-state index >= 15 is 0 Å². The fourth-order valence-electron chi connectivity index (χ4n) is 4.41. The number of amides is 2. The van der Waals surface area contributed by atoms with Gasteiger partial charge in [0.2, 0.25) is 5.91 Å². The number of alkyl carbamates (subject to hydrolysis) is 1. The Balaban J connectivity index is 1.80. The van der Waals surface area contributed by atoms with E-state index in [9.17, 15) is 9.59 Å². The Morgan fingerprint density at radius 2 is 1.63 bits per heavy atom. The third kappa shape index (κ3) is 9.34. The van der Waals surface area contributed by atoms with Crippen LogP contribution in [0.1, 0.15) is 76.4 Å². The highest BCUT2D eigenvalue weighted by Gasteiger charge is 2.22. The summed E-state index contributed by atoms with van der Waals surface area (Å²) in [7, 11) is 0. The third-order valence-corrected chi connectivity index (χ3v) is 6.70. The quantitative estimate of drug-likeness (QED) is 0.300. The summed E-state index contributed by atoms with van der Waals surface area (Å²) in [5.41, 5.74) is 6.62. The predicted octanol–water partition coefficient (Wildman–Crippen LogP) is 6.81. The van der Waals surface area contributed by atoms with Gasteiger partial charge in [-0.2, -0.15) is 0 Å². The number of hydrogen-bond donors (Lipinski definition) is 2. The van der Waals surface area contributed by atoms with E-state index in [1.807, 2.05) is 43.3 Å². The van der Waals surface area contributed by atoms with Crippen LogP contribution in [0.15, 0.2) is 54.6 Å². The Labute approximate surface area is 245 Å². The lowest BCUT2D eigenvalue weighted by molar-refractivity contribution is -0.122. The molecular formula is C34H45N3O4. The van der Waals surface area contributed by atoms with E-state index in [0.717, 1.165) is 39.4 Å². The van der Waals surface area contributed by atoms with E-state index in [1.54, 1.807) is 27.7 Å². The molecule has 0 bridgehead atoms. The molecule has 0 aliphatic carbocycles. The largest absolute Gasteiger partial charge is 0.488 e. The zero-order valence-electron chi connectivity index (χ0n) is 26.0. The Morgan fingerprint density at radius 3 is 2.24 bits per heavy atom. The average molecular weight is 560 g/mol. The number of carbonyl (C=O) groups excluding carboxylic acids is 2. The molecule has 2 amide bonds. The van der Waals surface area contributed by atoms with Crippen LogP contribution >= 0.6 is 0 Å². The van der Waals surface area contributed by atoms with Gasteiger partial charge in [-0.25, -0.2) is 4.79 Å². The summed E-state index contributed by atoms with van der Waals surface area (Å²) in [6.07, 6.45) is -0.103. The number of rotatable bonds is 9. The van der Waals surface area contributed by atoms with E-state index < -0.39 is 17.7 Å². The molecule has 0 aliphatic rings. The molecule has 3 aromatic rings. The zero-order valence-corrected chi connectivity index (χ0v) is 26.0. The van der Waals surface area contributed by atoms with Gasteiger partial charge in [0.15, 0.2) is 0 Å². The molecule has 1 atom stereocenters. The van der Waals surface area contributed by atoms with Gasteiger partial charge in [0.25, 0.3) is 0 Å². The Hall–Kier alpha value is -3.87. The molecule has 3 rings (SSSR count). The lowest BCUT2D eigenvalue weighted by atomic mass is 9.85. The van der Waals surface area contributed by atoms with Crippen molar-refractivity contribution < 1.29 is 19.1 Å². The van der Waals surface area contributed by atoms with Crippen molar-refractivity contribution in [3.05, 3.63) is 82.5 Å². The van der Waals surface area contributed by atoms with E-state index in [-0.39, 0.29) is 11.3 Å². The Bertz CT molecular complexity index is 1350. The Morgan fingerprint density at radius 1 is 0.951 bits per heavy atom. The molecule has 0 saturated carbocycles. The molecule has 7 nitrogen and oxygen atoms in total. The molecule has 41 heavy (non-hydrogen) atoms. The smallest absolute Gasteiger partial charge is 0.408 e. The van der Waals surface area contributed by atoms with E-state index in [4.69, 9.17) is 14.5 Å². The van der Waals surface area contributed by atoms with Crippen LogP contribution in [-0.2, 0) is 28.0 Å². The van der Waals surface area contributed by atoms with Gasteiger partial charge in [0, 0.05) is 29.4 Å². The molecule has 1 heterocycles. The molecular weight excluding hydrogens is 514 g/mol. The van der Waals surface area contributed by atoms with Gasteiger partial charge in [-0.05, 0) is 70.1 Å². The Kier molecular flexibility index (Phi) is 10.2. The fraction of sp³-hybridized carbons (Fsp3) is 0.441. The highest BCUT2D eigenvalue weighted by molar-refractivity contribution is 5.85. The number of aryl methyl sites for hydroxylation is 2. The number of hydrogen-bond acceptors (Lipinski definition) is 5. The van der Waals surface area contributed by atoms with Gasteiger partial charge in [0.1, 0.15) is 24.0 Å². The summed E-state index contributed by atoms with van der Waals surface area (Å²) in [5.74, 6) is 0.448. The van der Waals surface area contributed by atoms with E-state index in [2.05, 4.69) is 56.5 Å². The maximum atomic E-state index is 12.7. The second-order valence-electron chi connectivity index (χ2n) is 12.5. The van der Waals surface area contributed by atoms with Crippen molar-refractivity contribution in [1.29, 1.82) is 0 Å². The van der Waals surface area contributed by atoms with Crippen molar-refractivity contribution in [2.75, 3.05) is 6.54 Å². The van der Waals surface area contributed by atoms with Crippen molar-refractivity contribution in [3.63, 3.8) is 0 Å². The average Bonchev–Trinajstić information content (AvgIpc) is 2.87. The van der Waals surface area contributed by atoms with Crippen molar-refractivity contribution >= 4 is 12.0 Å². The number of ether oxygens (including phenoxy) is 2. The number of nitrogens with zero attached hydrogens (tertiary/aromatic N) is 1. The SMILES string of the molecule is Cc1cc(C(C)(C)C)ccc1-c1cc(OCc2ccccc2)c(CCNC(=O)[C@H](C)NC(=O)OC(C)(C)C)c(C)n1. The molecule has 0 aliphatic heterocycles. The molecule has 0 radical (unpaired) electrons. The van der Waals surface area contributed by atoms with Gasteiger partial charge in [0.05, 0.1) is 5.69 Å². The molecule has 220 valence electrons. The maximum absolute atomic E-state index is 12.7. The standard InChI is InChI=1S/C34H45N3O4/c1-22-19-26(33(4,5)6)15-16-27(22)29-20-30(40-21-25-13-11-10-12-14-25)28(23(2)36-29)17-18-35-31(38)24(3)37-32(39)41-34(7,8)9/h10-16,19-20,24H,17-18,21H2,1-9H3,(H,35,38)(H,37,39)/t24-/m0/s1. The first-order valence-electron chi connectivity index (χ1n) is 14.2. The molecule has 2 aromatic carbocycles. The van der Waals surface area contributed by atoms with Crippen LogP contribution in [-0.4, -0.2) is 35.2 Å². The van der Waals surface area contributed by atoms with Gasteiger partial charge in [-0.1, -0.05) is 69.3 Å². The summed E-state index contributed by atoms with van der Waals surface area (Å²) in [6.45, 7) is 18.5. The van der Waals surface area contributed by atoms with Crippen molar-refractivity contribution in [2.45, 2.75) is 92.4 Å². The molecule has 0 unspecified atom stereocenters. The second kappa shape index (κ2) is 13.2. The summed E-state index contributed by atoms with van der Waals surface area (Å²) in [5, 5.41) is 5.49. The van der Waals surface area contributed by atoms with E-state index in [0.29, 0.717) is 19.6 Å². The monoisotopic (exact) mass is 559 g/mol. The van der Waals surface area contributed by atoms with Crippen molar-refractivity contribution in [1.82, 2.24) is 15.6 Å². The minimum absolute atomic E-state index is 0.0603. The summed E-state index contributed by atoms with van der Waals surface area (Å²) < 4.78 is 11.6. The summed E-state index contributed by atoms with van der Waals surface area (Å²) in [6, 6.07) is 17.8. The highest BCUT2D eigenvalue weighted by atomic mass is 16.6. The fourth-order valence-corrected chi connectivity index (χ4v) is 4.41. The molecule has 1 aromatic heterocycles. The van der Waals surface area contributed by atoms with Gasteiger partial charge < -0.3 is 20.1 Å². The van der Waals surface area contributed by atoms with Gasteiger partial charge in [-0.15, -0.1) is 0 Å². The lowest BCUT2D eigenvalue weighted by Gasteiger charge is -2.22. The van der Waals surface area contributed by atoms with Crippen LogP contribution in [0.3, 0.4) is 0 Å². The topological polar surface area (TPSA) is 89.6 Å². The van der Waals surface area contributed by atoms with Gasteiger partial charge >= 0.3 is 6.09 Å². The molecule has 2 N–H and O–H groups in total. The normalized spacial score (nSPS) is 12.4. The van der Waals surface area contributed by atoms with Crippen LogP contribution in [0.25, 0.3) is 11.3 Å². The maximum Gasteiger partial charge on any atom is 0.408 e. The van der Waals surface area contributed by atoms with Crippen LogP contribution in [0.5, 0.6) is 5.75 Å². The zero-order chi connectivity index (χ0) is 30.4. The minimum Gasteiger partial charge on any atom is -0.488 e. The van der Waals surface area contributed by atoms with Crippen LogP contribution in [0.2, 0.25) is 0 Å². The lowest BCUT2D eigenvalue weighted by Crippen LogP contribution is -2.46. The van der Waals surface area contributed by atoms with Crippen molar-refractivity contribution in [3.8, 4) is 17.0 Å². The number of pyridine rings is 1. The summed E-state index contributed by atoms with van der Waals surface area (Å²) in [4.78, 5) is 29.7. The third-order valence-electron chi connectivity index (χ3n) is 6.70. The van der Waals surface area contributed by atoms with Crippen molar-refractivity contribution in [2.24, 2.45) is 0 Å². The van der Waals surface area contributed by atoms with Crippen LogP contribution < -0.4 is 15.4 Å². The number of benzene rings is 2. The van der Waals surface area contributed by atoms with E-state index in [1.165, 1.54) is 5.56 Å². The molecule has 0 fully saturated rings. The van der Waals surface area contributed by atoms with Crippen LogP contribution in [0.4, 0.5) is 4.79 Å². The predicted molar refractivity (Wildman–Crippen MR) is 164 cm³/mol. The molecule has 7 heteroatoms. The number of carbonyl (C=O) groups is 2. The first kappa shape index (κ1) is 31.7. The van der Waals surface area contributed by atoms with Gasteiger partial charge in [-0.3, -0.25) is 9.78 Å². The first-order valence-corrected chi connectivity index (χ1v) is 14.2. The molecule has 0 spiro atoms. The molecule has 0 saturated heterocycles. The highest BCUT2D eigenvalue weighted by Crippen LogP contribution is 2.33. The minimum atomic E-state index is -0.737. The number of aromatic nitrogens is 1.